The van der Waals surface area contributed by atoms with Crippen molar-refractivity contribution in [3.8, 4) is 22.3 Å². The zero-order chi connectivity index (χ0) is 44.8. The molecule has 0 spiro atoms. The van der Waals surface area contributed by atoms with Crippen molar-refractivity contribution in [1.29, 1.82) is 0 Å². The zero-order valence-electron chi connectivity index (χ0n) is 34.9. The Balaban J connectivity index is 1.01. The summed E-state index contributed by atoms with van der Waals surface area (Å²) in [6, 6.07) is 35.7. The number of thioether (sulfide) groups is 1. The van der Waals surface area contributed by atoms with Crippen LogP contribution in [0.4, 0.5) is 28.4 Å². The van der Waals surface area contributed by atoms with E-state index in [1.807, 2.05) is 93.0 Å². The van der Waals surface area contributed by atoms with E-state index in [-0.39, 0.29) is 28.0 Å². The van der Waals surface area contributed by atoms with Gasteiger partial charge in [0.1, 0.15) is 16.5 Å². The normalized spacial score (nSPS) is 13.6. The quantitative estimate of drug-likeness (QED) is 0.0455. The van der Waals surface area contributed by atoms with Crippen LogP contribution in [-0.4, -0.2) is 92.5 Å². The fourth-order valence-corrected chi connectivity index (χ4v) is 10.1. The van der Waals surface area contributed by atoms with Crippen molar-refractivity contribution in [2.24, 2.45) is 7.05 Å². The highest BCUT2D eigenvalue weighted by Gasteiger charge is 2.28. The Morgan fingerprint density at radius 1 is 0.841 bits per heavy atom. The van der Waals surface area contributed by atoms with Crippen LogP contribution < -0.4 is 19.8 Å². The Hall–Kier alpha value is -5.71. The van der Waals surface area contributed by atoms with Gasteiger partial charge < -0.3 is 29.7 Å². The predicted molar refractivity (Wildman–Crippen MR) is 256 cm³/mol. The van der Waals surface area contributed by atoms with Crippen molar-refractivity contribution >= 4 is 79.4 Å². The van der Waals surface area contributed by atoms with Gasteiger partial charge in [0, 0.05) is 89.2 Å². The van der Waals surface area contributed by atoms with Crippen LogP contribution in [0.25, 0.3) is 22.3 Å². The molecule has 63 heavy (non-hydrogen) atoms. The maximum absolute atomic E-state index is 13.6. The highest BCUT2D eigenvalue weighted by atomic mass is 35.5. The molecule has 7 rings (SSSR count). The van der Waals surface area contributed by atoms with E-state index in [9.17, 15) is 28.4 Å². The van der Waals surface area contributed by atoms with Crippen LogP contribution in [0.3, 0.4) is 0 Å². The predicted octanol–water partition coefficient (Wildman–Crippen LogP) is 9.92. The number of hydrogen-bond acceptors (Lipinski definition) is 10. The van der Waals surface area contributed by atoms with Gasteiger partial charge in [-0.1, -0.05) is 65.7 Å². The summed E-state index contributed by atoms with van der Waals surface area (Å²) < 4.78 is 31.2. The van der Waals surface area contributed by atoms with Crippen LogP contribution in [0.15, 0.2) is 131 Å². The molecule has 1 aliphatic heterocycles. The van der Waals surface area contributed by atoms with Gasteiger partial charge in [-0.05, 0) is 111 Å². The number of carboxylic acid groups (broad SMARTS) is 1. The van der Waals surface area contributed by atoms with Crippen molar-refractivity contribution in [3.05, 3.63) is 147 Å². The second kappa shape index (κ2) is 19.8. The number of carboxylic acids is 1. The molecule has 13 nitrogen and oxygen atoms in total. The van der Waals surface area contributed by atoms with Crippen LogP contribution >= 0.6 is 35.0 Å². The minimum Gasteiger partial charge on any atom is -0.477 e. The molecule has 0 unspecified atom stereocenters. The van der Waals surface area contributed by atoms with Gasteiger partial charge in [0.2, 0.25) is 0 Å². The molecule has 6 aromatic rings. The molecule has 0 amide bonds. The Kier molecular flexibility index (Phi) is 14.2. The first kappa shape index (κ1) is 45.3. The third-order valence-corrected chi connectivity index (χ3v) is 14.1. The maximum atomic E-state index is 13.6. The van der Waals surface area contributed by atoms with Gasteiger partial charge in [-0.3, -0.25) is 14.8 Å². The summed E-state index contributed by atoms with van der Waals surface area (Å²) >= 11 is 14.6. The first-order valence-corrected chi connectivity index (χ1v) is 23.4. The van der Waals surface area contributed by atoms with Crippen LogP contribution in [0, 0.1) is 10.1 Å². The first-order valence-electron chi connectivity index (χ1n) is 20.2. The van der Waals surface area contributed by atoms with E-state index < -0.39 is 20.9 Å². The fraction of sp³-hybridized carbons (Fsp3) is 0.239. The van der Waals surface area contributed by atoms with E-state index in [1.165, 1.54) is 16.7 Å². The number of nitro groups is 1. The number of hydrogen-bond donors (Lipinski definition) is 3. The molecule has 328 valence electrons. The van der Waals surface area contributed by atoms with E-state index in [0.717, 1.165) is 46.4 Å². The molecule has 0 radical (unpaired) electrons. The zero-order valence-corrected chi connectivity index (χ0v) is 38.0. The van der Waals surface area contributed by atoms with E-state index in [0.29, 0.717) is 58.9 Å². The molecular formula is C46H47Cl2N7O6S2. The van der Waals surface area contributed by atoms with E-state index in [4.69, 9.17) is 23.2 Å². The van der Waals surface area contributed by atoms with Crippen molar-refractivity contribution in [1.82, 2.24) is 9.47 Å². The standard InChI is InChI=1S/C46H47Cl2N7O6S2/c1-51(2)23-22-35(30-62-38-10-5-4-6-11-38)49-40-21-20-39(29-41(40)55(58)59)63(60,61)50-34-16-18-36(19-17-34)53-24-26-54(27-25-53)37-9-7-8-32(28-37)42-43(31-12-14-33(47)15-13-31)45(48)52(3)44(42)46(56)57/h4-21,28-29,35,49-50H,22-27,30H2,1-3H3,(H,56,57)/t35-/m1/s1. The highest BCUT2D eigenvalue weighted by molar-refractivity contribution is 7.99. The number of anilines is 4. The van der Waals surface area contributed by atoms with Crippen molar-refractivity contribution in [2.45, 2.75) is 22.3 Å². The number of nitrogens with zero attached hydrogens (tertiary/aromatic N) is 5. The molecule has 1 saturated heterocycles. The number of piperazine rings is 1. The van der Waals surface area contributed by atoms with Crippen molar-refractivity contribution < 1.29 is 23.2 Å². The minimum atomic E-state index is -4.17. The van der Waals surface area contributed by atoms with Gasteiger partial charge in [-0.2, -0.15) is 0 Å². The van der Waals surface area contributed by atoms with Crippen molar-refractivity contribution in [2.75, 3.05) is 72.4 Å². The SMILES string of the molecule is CN(C)CC[C@H](CSc1ccccc1)Nc1ccc(S(=O)(=O)Nc2ccc(N3CCN(c4cccc(-c5c(-c6ccc(Cl)cc6)c(Cl)n(C)c5C(=O)O)c4)CC3)cc2)cc1[N+](=O)[O-]. The van der Waals surface area contributed by atoms with Crippen LogP contribution in [0.5, 0.6) is 0 Å². The summed E-state index contributed by atoms with van der Waals surface area (Å²) in [7, 11) is 1.41. The van der Waals surface area contributed by atoms with Gasteiger partial charge in [-0.15, -0.1) is 11.8 Å². The summed E-state index contributed by atoms with van der Waals surface area (Å²) in [6.07, 6.45) is 0.722. The lowest BCUT2D eigenvalue weighted by Crippen LogP contribution is -2.46. The van der Waals surface area contributed by atoms with Crippen molar-refractivity contribution in [3.63, 3.8) is 0 Å². The molecule has 0 bridgehead atoms. The second-order valence-corrected chi connectivity index (χ2v) is 19.0. The summed E-state index contributed by atoms with van der Waals surface area (Å²) in [5.41, 5.74) is 4.78. The molecule has 17 heteroatoms. The first-order chi connectivity index (χ1) is 30.2. The average molecular weight is 929 g/mol. The third kappa shape index (κ3) is 10.7. The number of aromatic carboxylic acids is 1. The molecule has 5 aromatic carbocycles. The van der Waals surface area contributed by atoms with Gasteiger partial charge in [-0.25, -0.2) is 13.2 Å². The van der Waals surface area contributed by atoms with Crippen LogP contribution in [-0.2, 0) is 17.1 Å². The third-order valence-electron chi connectivity index (χ3n) is 10.9. The smallest absolute Gasteiger partial charge is 0.353 e. The highest BCUT2D eigenvalue weighted by Crippen LogP contribution is 2.43. The molecule has 1 atom stereocenters. The molecule has 1 aliphatic rings. The average Bonchev–Trinajstić information content (AvgIpc) is 3.54. The number of aromatic nitrogens is 1. The molecule has 1 fully saturated rings. The Morgan fingerprint density at radius 3 is 2.14 bits per heavy atom. The van der Waals surface area contributed by atoms with E-state index in [1.54, 1.807) is 43.1 Å². The number of sulfonamides is 1. The van der Waals surface area contributed by atoms with E-state index >= 15 is 0 Å². The topological polar surface area (TPSA) is 153 Å². The lowest BCUT2D eigenvalue weighted by atomic mass is 9.96. The number of carbonyl (C=O) groups is 1. The monoisotopic (exact) mass is 927 g/mol. The maximum Gasteiger partial charge on any atom is 0.353 e. The van der Waals surface area contributed by atoms with Gasteiger partial charge in [0.15, 0.2) is 0 Å². The summed E-state index contributed by atoms with van der Waals surface area (Å²) in [5, 5.41) is 26.7. The Morgan fingerprint density at radius 2 is 1.51 bits per heavy atom. The number of benzene rings is 5. The number of halogens is 2. The fourth-order valence-electron chi connectivity index (χ4n) is 7.60. The largest absolute Gasteiger partial charge is 0.477 e. The van der Waals surface area contributed by atoms with Gasteiger partial charge in [0.05, 0.1) is 9.82 Å². The van der Waals surface area contributed by atoms with E-state index in [2.05, 4.69) is 24.7 Å². The number of nitro benzene ring substituents is 1. The van der Waals surface area contributed by atoms with Gasteiger partial charge in [0.25, 0.3) is 15.7 Å². The Labute approximate surface area is 381 Å². The van der Waals surface area contributed by atoms with Gasteiger partial charge >= 0.3 is 5.97 Å². The molecular weight excluding hydrogens is 882 g/mol. The molecule has 0 aliphatic carbocycles. The second-order valence-electron chi connectivity index (χ2n) is 15.4. The molecule has 0 saturated carbocycles. The lowest BCUT2D eigenvalue weighted by Gasteiger charge is -2.37. The summed E-state index contributed by atoms with van der Waals surface area (Å²) in [6.45, 7) is 3.46. The Bertz CT molecular complexity index is 2690. The van der Waals surface area contributed by atoms with Crippen LogP contribution in [0.1, 0.15) is 16.9 Å². The molecule has 1 aromatic heterocycles. The van der Waals surface area contributed by atoms with Crippen LogP contribution in [0.2, 0.25) is 10.2 Å². The summed E-state index contributed by atoms with van der Waals surface area (Å²) in [5.74, 6) is -0.432. The molecule has 2 heterocycles. The number of rotatable bonds is 17. The summed E-state index contributed by atoms with van der Waals surface area (Å²) in [4.78, 5) is 31.6. The molecule has 3 N–H and O–H groups in total. The number of nitrogens with one attached hydrogen (secondary N) is 2. The minimum absolute atomic E-state index is 0.0820. The lowest BCUT2D eigenvalue weighted by molar-refractivity contribution is -0.384.